The summed E-state index contributed by atoms with van der Waals surface area (Å²) >= 11 is 5.72. The maximum absolute atomic E-state index is 11.7. The number of hydrogen-bond donors (Lipinski definition) is 2. The summed E-state index contributed by atoms with van der Waals surface area (Å²) < 4.78 is 0. The normalized spacial score (nSPS) is 9.94. The van der Waals surface area contributed by atoms with E-state index in [0.29, 0.717) is 0 Å². The van der Waals surface area contributed by atoms with Crippen LogP contribution in [0.1, 0.15) is 10.5 Å². The third-order valence-electron chi connectivity index (χ3n) is 1.89. The number of carbonyl (C=O) groups is 1. The third kappa shape index (κ3) is 2.48. The summed E-state index contributed by atoms with van der Waals surface area (Å²) in [7, 11) is 0. The first-order valence-corrected chi connectivity index (χ1v) is 4.98. The average molecular weight is 251 g/mol. The lowest BCUT2D eigenvalue weighted by molar-refractivity contribution is 0.101. The van der Waals surface area contributed by atoms with Crippen molar-refractivity contribution in [3.63, 3.8) is 0 Å². The molecule has 2 heterocycles. The van der Waals surface area contributed by atoms with E-state index in [1.54, 1.807) is 0 Å². The highest BCUT2D eigenvalue weighted by molar-refractivity contribution is 6.32. The number of anilines is 1. The van der Waals surface area contributed by atoms with Gasteiger partial charge in [-0.3, -0.25) is 4.79 Å². The number of halogens is 1. The lowest BCUT2D eigenvalue weighted by Crippen LogP contribution is -2.15. The first-order chi connectivity index (χ1) is 8.18. The number of hydrogen-bond acceptors (Lipinski definition) is 5. The minimum absolute atomic E-state index is 0.0660. The monoisotopic (exact) mass is 250 g/mol. The van der Waals surface area contributed by atoms with Crippen LogP contribution in [0.2, 0.25) is 5.15 Å². The van der Waals surface area contributed by atoms with Gasteiger partial charge in [-0.05, 0) is 12.1 Å². The van der Waals surface area contributed by atoms with E-state index >= 15 is 0 Å². The number of aromatic hydroxyl groups is 1. The number of amides is 1. The van der Waals surface area contributed by atoms with Gasteiger partial charge in [0.05, 0.1) is 0 Å². The maximum Gasteiger partial charge on any atom is 0.279 e. The minimum atomic E-state index is -0.606. The van der Waals surface area contributed by atoms with Crippen LogP contribution >= 0.6 is 11.6 Å². The van der Waals surface area contributed by atoms with Crippen LogP contribution in [0.3, 0.4) is 0 Å². The minimum Gasteiger partial charge on any atom is -0.505 e. The first-order valence-electron chi connectivity index (χ1n) is 4.60. The molecule has 2 rings (SSSR count). The fourth-order valence-corrected chi connectivity index (χ4v) is 1.30. The largest absolute Gasteiger partial charge is 0.505 e. The molecule has 6 nitrogen and oxygen atoms in total. The van der Waals surface area contributed by atoms with Crippen molar-refractivity contribution in [1.29, 1.82) is 0 Å². The van der Waals surface area contributed by atoms with Gasteiger partial charge in [-0.2, -0.15) is 0 Å². The molecule has 2 aromatic rings. The summed E-state index contributed by atoms with van der Waals surface area (Å²) in [6, 6.07) is 2.88. The maximum atomic E-state index is 11.7. The van der Waals surface area contributed by atoms with Crippen LogP contribution in [0, 0.1) is 0 Å². The molecule has 1 amide bonds. The molecule has 86 valence electrons. The van der Waals surface area contributed by atoms with E-state index in [1.807, 2.05) is 0 Å². The van der Waals surface area contributed by atoms with E-state index in [0.717, 1.165) is 0 Å². The van der Waals surface area contributed by atoms with Gasteiger partial charge in [0.25, 0.3) is 5.91 Å². The number of aromatic nitrogens is 3. The predicted octanol–water partition coefficient (Wildman–Crippen LogP) is 1.48. The van der Waals surface area contributed by atoms with Crippen LogP contribution < -0.4 is 5.32 Å². The van der Waals surface area contributed by atoms with Crippen molar-refractivity contribution in [2.75, 3.05) is 5.32 Å². The van der Waals surface area contributed by atoms with Gasteiger partial charge in [-0.1, -0.05) is 11.6 Å². The highest BCUT2D eigenvalue weighted by Gasteiger charge is 2.14. The Morgan fingerprint density at radius 3 is 2.71 bits per heavy atom. The van der Waals surface area contributed by atoms with Crippen LogP contribution in [-0.2, 0) is 0 Å². The van der Waals surface area contributed by atoms with E-state index < -0.39 is 5.91 Å². The second-order valence-corrected chi connectivity index (χ2v) is 3.38. The SMILES string of the molecule is O=C(Nc1nccnc1Cl)c1ncccc1O. The van der Waals surface area contributed by atoms with E-state index in [4.69, 9.17) is 11.6 Å². The molecule has 7 heteroatoms. The van der Waals surface area contributed by atoms with Crippen molar-refractivity contribution < 1.29 is 9.90 Å². The number of rotatable bonds is 2. The van der Waals surface area contributed by atoms with Crippen LogP contribution in [-0.4, -0.2) is 26.0 Å². The molecule has 0 fully saturated rings. The number of nitrogens with one attached hydrogen (secondary N) is 1. The smallest absolute Gasteiger partial charge is 0.279 e. The molecular weight excluding hydrogens is 244 g/mol. The Labute approximate surface area is 101 Å². The van der Waals surface area contributed by atoms with Gasteiger partial charge in [0, 0.05) is 18.6 Å². The Bertz CT molecular complexity index is 562. The Balaban J connectivity index is 2.24. The molecule has 17 heavy (non-hydrogen) atoms. The molecule has 0 aliphatic rings. The summed E-state index contributed by atoms with van der Waals surface area (Å²) in [6.07, 6.45) is 4.18. The fraction of sp³-hybridized carbons (Fsp3) is 0. The van der Waals surface area contributed by atoms with Gasteiger partial charge in [0.1, 0.15) is 5.75 Å². The lowest BCUT2D eigenvalue weighted by Gasteiger charge is -2.05. The summed E-state index contributed by atoms with van der Waals surface area (Å²) in [4.78, 5) is 23.1. The van der Waals surface area contributed by atoms with Crippen molar-refractivity contribution in [2.45, 2.75) is 0 Å². The lowest BCUT2D eigenvalue weighted by atomic mass is 10.3. The fourth-order valence-electron chi connectivity index (χ4n) is 1.14. The Morgan fingerprint density at radius 1 is 1.24 bits per heavy atom. The van der Waals surface area contributed by atoms with E-state index in [2.05, 4.69) is 20.3 Å². The standard InChI is InChI=1S/C10H7ClN4O2/c11-8-9(14-5-4-13-8)15-10(17)7-6(16)2-1-3-12-7/h1-5,16H,(H,14,15,17). The molecule has 2 N–H and O–H groups in total. The number of pyridine rings is 1. The van der Waals surface area contributed by atoms with Gasteiger partial charge < -0.3 is 10.4 Å². The van der Waals surface area contributed by atoms with Crippen LogP contribution in [0.4, 0.5) is 5.82 Å². The predicted molar refractivity (Wildman–Crippen MR) is 60.9 cm³/mol. The van der Waals surface area contributed by atoms with Gasteiger partial charge in [-0.15, -0.1) is 0 Å². The molecule has 0 aromatic carbocycles. The molecule has 0 unspecified atom stereocenters. The Morgan fingerprint density at radius 2 is 2.00 bits per heavy atom. The molecule has 0 radical (unpaired) electrons. The molecule has 0 aliphatic carbocycles. The molecule has 0 saturated carbocycles. The second kappa shape index (κ2) is 4.75. The highest BCUT2D eigenvalue weighted by Crippen LogP contribution is 2.18. The second-order valence-electron chi connectivity index (χ2n) is 3.02. The molecule has 0 saturated heterocycles. The van der Waals surface area contributed by atoms with Gasteiger partial charge in [-0.25, -0.2) is 15.0 Å². The third-order valence-corrected chi connectivity index (χ3v) is 2.16. The average Bonchev–Trinajstić information content (AvgIpc) is 2.32. The Hall–Kier alpha value is -2.21. The van der Waals surface area contributed by atoms with Crippen LogP contribution in [0.25, 0.3) is 0 Å². The summed E-state index contributed by atoms with van der Waals surface area (Å²) in [5.41, 5.74) is -0.103. The first kappa shape index (κ1) is 11.3. The number of carbonyl (C=O) groups excluding carboxylic acids is 1. The zero-order valence-corrected chi connectivity index (χ0v) is 9.22. The van der Waals surface area contributed by atoms with Crippen molar-refractivity contribution in [3.05, 3.63) is 41.6 Å². The summed E-state index contributed by atoms with van der Waals surface area (Å²) in [5, 5.41) is 11.9. The summed E-state index contributed by atoms with van der Waals surface area (Å²) in [5.74, 6) is -0.709. The van der Waals surface area contributed by atoms with E-state index in [1.165, 1.54) is 30.7 Å². The zero-order valence-electron chi connectivity index (χ0n) is 8.46. The van der Waals surface area contributed by atoms with Crippen LogP contribution in [0.15, 0.2) is 30.7 Å². The summed E-state index contributed by atoms with van der Waals surface area (Å²) in [6.45, 7) is 0. The zero-order chi connectivity index (χ0) is 12.3. The Kier molecular flexibility index (Phi) is 3.15. The molecule has 0 bridgehead atoms. The van der Waals surface area contributed by atoms with Crippen molar-refractivity contribution in [2.24, 2.45) is 0 Å². The topological polar surface area (TPSA) is 88.0 Å². The molecule has 2 aromatic heterocycles. The van der Waals surface area contributed by atoms with Crippen molar-refractivity contribution in [3.8, 4) is 5.75 Å². The van der Waals surface area contributed by atoms with E-state index in [9.17, 15) is 9.90 Å². The van der Waals surface area contributed by atoms with Gasteiger partial charge in [0.2, 0.25) is 0 Å². The van der Waals surface area contributed by atoms with Crippen LogP contribution in [0.5, 0.6) is 5.75 Å². The molecule has 0 spiro atoms. The molecular formula is C10H7ClN4O2. The van der Waals surface area contributed by atoms with Crippen molar-refractivity contribution in [1.82, 2.24) is 15.0 Å². The van der Waals surface area contributed by atoms with E-state index in [-0.39, 0.29) is 22.4 Å². The molecule has 0 aliphatic heterocycles. The quantitative estimate of drug-likeness (QED) is 0.843. The van der Waals surface area contributed by atoms with Gasteiger partial charge in [0.15, 0.2) is 16.7 Å². The molecule has 0 atom stereocenters. The highest BCUT2D eigenvalue weighted by atomic mass is 35.5. The number of nitrogens with zero attached hydrogens (tertiary/aromatic N) is 3. The van der Waals surface area contributed by atoms with Crippen molar-refractivity contribution >= 4 is 23.3 Å². The van der Waals surface area contributed by atoms with Gasteiger partial charge >= 0.3 is 0 Å².